The summed E-state index contributed by atoms with van der Waals surface area (Å²) in [5.74, 6) is -0.369. The third-order valence-electron chi connectivity index (χ3n) is 6.18. The van der Waals surface area contributed by atoms with E-state index in [9.17, 15) is 26.0 Å². The van der Waals surface area contributed by atoms with E-state index in [0.29, 0.717) is 27.9 Å². The van der Waals surface area contributed by atoms with E-state index in [1.54, 1.807) is 29.1 Å². The zero-order chi connectivity index (χ0) is 25.9. The molecule has 3 aromatic heterocycles. The fourth-order valence-corrected chi connectivity index (χ4v) is 5.70. The molecule has 1 aliphatic rings. The Hall–Kier alpha value is -4.06. The predicted molar refractivity (Wildman–Crippen MR) is 127 cm³/mol. The summed E-state index contributed by atoms with van der Waals surface area (Å²) in [5.41, 5.74) is 1.47. The van der Waals surface area contributed by atoms with Gasteiger partial charge in [-0.25, -0.2) is 22.8 Å². The molecule has 0 spiro atoms. The molecule has 37 heavy (non-hydrogen) atoms. The molecule has 1 saturated heterocycles. The number of halogens is 4. The first-order valence-corrected chi connectivity index (χ1v) is 12.9. The molecule has 4 heterocycles. The molecule has 0 atom stereocenters. The van der Waals surface area contributed by atoms with E-state index in [0.717, 1.165) is 12.1 Å². The normalized spacial score (nSPS) is 15.7. The quantitative estimate of drug-likeness (QED) is 0.284. The van der Waals surface area contributed by atoms with Crippen LogP contribution in [0.3, 0.4) is 0 Å². The Kier molecular flexibility index (Phi) is 5.19. The van der Waals surface area contributed by atoms with Gasteiger partial charge in [0, 0.05) is 22.9 Å². The second-order valence-corrected chi connectivity index (χ2v) is 10.9. The minimum atomic E-state index is -4.51. The summed E-state index contributed by atoms with van der Waals surface area (Å²) in [6.45, 7) is 0. The molecule has 2 aromatic carbocycles. The topological polar surface area (TPSA) is 90.9 Å². The number of aromatic nitrogens is 4. The van der Waals surface area contributed by atoms with Crippen LogP contribution in [0.4, 0.5) is 17.6 Å². The number of sulfone groups is 1. The summed E-state index contributed by atoms with van der Waals surface area (Å²) >= 11 is 0. The van der Waals surface area contributed by atoms with E-state index in [-0.39, 0.29) is 34.6 Å². The number of rotatable bonds is 4. The molecule has 0 amide bonds. The van der Waals surface area contributed by atoms with Gasteiger partial charge in [-0.1, -0.05) is 12.1 Å². The molecule has 0 aliphatic carbocycles. The number of hydrogen-bond acceptors (Lipinski definition) is 6. The van der Waals surface area contributed by atoms with E-state index in [4.69, 9.17) is 4.42 Å². The lowest BCUT2D eigenvalue weighted by Gasteiger charge is -2.25. The van der Waals surface area contributed by atoms with Gasteiger partial charge < -0.3 is 4.42 Å². The van der Waals surface area contributed by atoms with Crippen LogP contribution in [0.25, 0.3) is 44.9 Å². The first-order valence-electron chi connectivity index (χ1n) is 11.1. The first-order chi connectivity index (χ1) is 17.6. The largest absolute Gasteiger partial charge is 0.438 e. The smallest absolute Gasteiger partial charge is 0.416 e. The number of hydrogen-bond donors (Lipinski definition) is 0. The van der Waals surface area contributed by atoms with Crippen LogP contribution in [0.15, 0.2) is 71.5 Å². The molecule has 0 radical (unpaired) electrons. The van der Waals surface area contributed by atoms with Crippen molar-refractivity contribution >= 4 is 20.9 Å². The molecule has 0 saturated carbocycles. The monoisotopic (exact) mass is 528 g/mol. The summed E-state index contributed by atoms with van der Waals surface area (Å²) in [6.07, 6.45) is -1.59. The molecule has 188 valence electrons. The lowest BCUT2D eigenvalue weighted by Crippen LogP contribution is -2.38. The highest BCUT2D eigenvalue weighted by molar-refractivity contribution is 7.92. The fraction of sp³-hybridized carbons (Fsp3) is 0.160. The summed E-state index contributed by atoms with van der Waals surface area (Å²) in [5, 5.41) is 5.03. The molecule has 6 rings (SSSR count). The molecular weight excluding hydrogens is 512 g/mol. The predicted octanol–water partition coefficient (Wildman–Crippen LogP) is 5.55. The number of alkyl halides is 3. The summed E-state index contributed by atoms with van der Waals surface area (Å²) < 4.78 is 84.1. The lowest BCUT2D eigenvalue weighted by atomic mass is 10.0. The van der Waals surface area contributed by atoms with Gasteiger partial charge in [-0.3, -0.25) is 4.68 Å². The Bertz CT molecular complexity index is 1750. The van der Waals surface area contributed by atoms with Gasteiger partial charge in [0.2, 0.25) is 5.71 Å². The average molecular weight is 528 g/mol. The van der Waals surface area contributed by atoms with Crippen molar-refractivity contribution in [2.45, 2.75) is 12.2 Å². The van der Waals surface area contributed by atoms with E-state index < -0.39 is 27.4 Å². The van der Waals surface area contributed by atoms with Crippen molar-refractivity contribution in [3.05, 3.63) is 78.5 Å². The maximum atomic E-state index is 13.6. The van der Waals surface area contributed by atoms with Gasteiger partial charge in [-0.05, 0) is 42.5 Å². The molecule has 1 aliphatic heterocycles. The van der Waals surface area contributed by atoms with Gasteiger partial charge >= 0.3 is 6.18 Å². The van der Waals surface area contributed by atoms with Crippen LogP contribution in [0.5, 0.6) is 0 Å². The SMILES string of the molecule is O=S1(=O)CC(n2cc(-c3ncnc4oc(-c5cccc(C(F)(F)F)c5)cc34)c(-c3ccc(F)cc3)n2)C1. The third-order valence-corrected chi connectivity index (χ3v) is 7.96. The van der Waals surface area contributed by atoms with E-state index in [2.05, 4.69) is 15.1 Å². The molecule has 0 N–H and O–H groups in total. The Morgan fingerprint density at radius 3 is 2.41 bits per heavy atom. The summed E-state index contributed by atoms with van der Waals surface area (Å²) in [7, 11) is -3.12. The summed E-state index contributed by atoms with van der Waals surface area (Å²) in [4.78, 5) is 8.52. The molecule has 5 aromatic rings. The molecule has 0 unspecified atom stereocenters. The zero-order valence-electron chi connectivity index (χ0n) is 18.8. The molecular formula is C25H16F4N4O3S. The van der Waals surface area contributed by atoms with E-state index >= 15 is 0 Å². The van der Waals surface area contributed by atoms with Crippen LogP contribution in [-0.2, 0) is 16.0 Å². The second-order valence-electron chi connectivity index (χ2n) is 8.74. The van der Waals surface area contributed by atoms with Crippen LogP contribution in [0.1, 0.15) is 11.6 Å². The third kappa shape index (κ3) is 4.26. The van der Waals surface area contributed by atoms with Gasteiger partial charge in [0.25, 0.3) is 0 Å². The minimum absolute atomic E-state index is 0.0540. The molecule has 0 bridgehead atoms. The van der Waals surface area contributed by atoms with Crippen LogP contribution in [-0.4, -0.2) is 39.7 Å². The van der Waals surface area contributed by atoms with Crippen LogP contribution in [0.2, 0.25) is 0 Å². The highest BCUT2D eigenvalue weighted by Gasteiger charge is 2.36. The lowest BCUT2D eigenvalue weighted by molar-refractivity contribution is -0.137. The number of fused-ring (bicyclic) bond motifs is 1. The van der Waals surface area contributed by atoms with Gasteiger partial charge in [-0.15, -0.1) is 0 Å². The van der Waals surface area contributed by atoms with Gasteiger partial charge in [-0.2, -0.15) is 18.3 Å². The van der Waals surface area contributed by atoms with Gasteiger partial charge in [0.15, 0.2) is 9.84 Å². The van der Waals surface area contributed by atoms with Crippen molar-refractivity contribution in [2.24, 2.45) is 0 Å². The standard InChI is InChI=1S/C25H16F4N4O3S/c26-17-6-4-14(5-7-17)22-20(10-33(32-22)18-11-37(34,35)12-18)23-19-9-21(36-24(19)31-13-30-23)15-2-1-3-16(8-15)25(27,28)29/h1-10,13,18H,11-12H2. The van der Waals surface area contributed by atoms with Crippen molar-refractivity contribution in [1.29, 1.82) is 0 Å². The maximum Gasteiger partial charge on any atom is 0.416 e. The highest BCUT2D eigenvalue weighted by atomic mass is 32.2. The van der Waals surface area contributed by atoms with Crippen molar-refractivity contribution in [1.82, 2.24) is 19.7 Å². The zero-order valence-corrected chi connectivity index (χ0v) is 19.6. The van der Waals surface area contributed by atoms with Crippen molar-refractivity contribution in [3.63, 3.8) is 0 Å². The molecule has 1 fully saturated rings. The number of furan rings is 1. The van der Waals surface area contributed by atoms with Gasteiger partial charge in [0.1, 0.15) is 23.6 Å². The Balaban J connectivity index is 1.50. The minimum Gasteiger partial charge on any atom is -0.438 e. The van der Waals surface area contributed by atoms with Crippen molar-refractivity contribution in [3.8, 4) is 33.8 Å². The highest BCUT2D eigenvalue weighted by Crippen LogP contribution is 2.39. The maximum absolute atomic E-state index is 13.6. The average Bonchev–Trinajstić information content (AvgIpc) is 3.47. The van der Waals surface area contributed by atoms with E-state index in [1.807, 2.05) is 0 Å². The fourth-order valence-electron chi connectivity index (χ4n) is 4.32. The van der Waals surface area contributed by atoms with Crippen molar-refractivity contribution < 1.29 is 30.4 Å². The Labute approximate surface area is 207 Å². The number of nitrogens with zero attached hydrogens (tertiary/aromatic N) is 4. The van der Waals surface area contributed by atoms with Gasteiger partial charge in [0.05, 0.1) is 34.2 Å². The first kappa shape index (κ1) is 23.3. The van der Waals surface area contributed by atoms with Crippen LogP contribution in [0, 0.1) is 5.82 Å². The summed E-state index contributed by atoms with van der Waals surface area (Å²) in [6, 6.07) is 11.6. The number of benzene rings is 2. The Morgan fingerprint density at radius 1 is 0.946 bits per heavy atom. The van der Waals surface area contributed by atoms with Crippen molar-refractivity contribution in [2.75, 3.05) is 11.5 Å². The second kappa shape index (κ2) is 8.23. The van der Waals surface area contributed by atoms with E-state index in [1.165, 1.54) is 30.6 Å². The Morgan fingerprint density at radius 2 is 1.70 bits per heavy atom. The molecule has 12 heteroatoms. The van der Waals surface area contributed by atoms with Crippen LogP contribution < -0.4 is 0 Å². The molecule has 7 nitrogen and oxygen atoms in total. The van der Waals surface area contributed by atoms with Crippen LogP contribution >= 0.6 is 0 Å².